The Bertz CT molecular complexity index is 836. The Labute approximate surface area is 165 Å². The number of nitrogens with one attached hydrogen (secondary N) is 2. The second-order valence-corrected chi connectivity index (χ2v) is 8.48. The van der Waals surface area contributed by atoms with Crippen molar-refractivity contribution in [3.63, 3.8) is 0 Å². The fraction of sp³-hybridized carbons (Fsp3) is 0.389. The Balaban J connectivity index is 1.31. The van der Waals surface area contributed by atoms with Crippen molar-refractivity contribution in [2.45, 2.75) is 23.1 Å². The molecule has 2 amide bonds. The van der Waals surface area contributed by atoms with E-state index in [1.165, 1.54) is 23.1 Å². The lowest BCUT2D eigenvalue weighted by Gasteiger charge is -2.25. The number of carbonyl (C=O) groups excluding carboxylic acids is 2. The number of para-hydroxylation sites is 1. The molecule has 1 saturated heterocycles. The molecule has 27 heavy (non-hydrogen) atoms. The third-order valence-corrected chi connectivity index (χ3v) is 6.45. The van der Waals surface area contributed by atoms with Gasteiger partial charge < -0.3 is 15.4 Å². The number of hydrogen-bond donors (Lipinski definition) is 2. The Morgan fingerprint density at radius 3 is 3.00 bits per heavy atom. The van der Waals surface area contributed by atoms with Gasteiger partial charge in [0.2, 0.25) is 11.8 Å². The Hall–Kier alpha value is -1.94. The number of fused-ring (bicyclic) bond motifs is 1. The molecule has 2 aromatic rings. The molecule has 2 N–H and O–H groups in total. The molecule has 0 saturated carbocycles. The lowest BCUT2D eigenvalue weighted by atomic mass is 10.2. The van der Waals surface area contributed by atoms with Crippen LogP contribution in [0, 0.1) is 0 Å². The highest BCUT2D eigenvalue weighted by Crippen LogP contribution is 2.36. The minimum atomic E-state index is -0.437. The Morgan fingerprint density at radius 1 is 1.33 bits per heavy atom. The lowest BCUT2D eigenvalue weighted by molar-refractivity contribution is -0.120. The summed E-state index contributed by atoms with van der Waals surface area (Å²) < 4.78 is 5.35. The highest BCUT2D eigenvalue weighted by atomic mass is 32.2. The minimum absolute atomic E-state index is 0.114. The molecule has 4 rings (SSSR count). The molecular formula is C18H20N4O3S2. The van der Waals surface area contributed by atoms with Crippen molar-refractivity contribution in [1.29, 1.82) is 0 Å². The summed E-state index contributed by atoms with van der Waals surface area (Å²) >= 11 is 2.83. The third kappa shape index (κ3) is 4.67. The van der Waals surface area contributed by atoms with Crippen LogP contribution in [0.4, 0.5) is 10.8 Å². The number of rotatable bonds is 5. The van der Waals surface area contributed by atoms with E-state index in [1.807, 2.05) is 29.6 Å². The summed E-state index contributed by atoms with van der Waals surface area (Å²) in [6.07, 6.45) is 0.114. The minimum Gasteiger partial charge on any atom is -0.379 e. The van der Waals surface area contributed by atoms with Gasteiger partial charge in [0.25, 0.3) is 0 Å². The predicted octanol–water partition coefficient (Wildman–Crippen LogP) is 2.42. The van der Waals surface area contributed by atoms with Gasteiger partial charge in [0.15, 0.2) is 5.13 Å². The van der Waals surface area contributed by atoms with Crippen molar-refractivity contribution in [3.05, 3.63) is 35.3 Å². The summed E-state index contributed by atoms with van der Waals surface area (Å²) in [4.78, 5) is 32.4. The summed E-state index contributed by atoms with van der Waals surface area (Å²) in [5.41, 5.74) is 1.74. The predicted molar refractivity (Wildman–Crippen MR) is 106 cm³/mol. The summed E-state index contributed by atoms with van der Waals surface area (Å²) in [6, 6.07) is 7.61. The van der Waals surface area contributed by atoms with E-state index in [1.54, 1.807) is 0 Å². The first-order valence-electron chi connectivity index (χ1n) is 8.78. The maximum atomic E-state index is 12.4. The van der Waals surface area contributed by atoms with E-state index >= 15 is 0 Å². The molecule has 2 aliphatic heterocycles. The summed E-state index contributed by atoms with van der Waals surface area (Å²) in [5.74, 6) is -0.338. The van der Waals surface area contributed by atoms with E-state index in [-0.39, 0.29) is 18.2 Å². The molecule has 1 aromatic carbocycles. The second kappa shape index (κ2) is 8.39. The van der Waals surface area contributed by atoms with Crippen molar-refractivity contribution < 1.29 is 14.3 Å². The third-order valence-electron chi connectivity index (χ3n) is 4.36. The highest BCUT2D eigenvalue weighted by molar-refractivity contribution is 8.01. The van der Waals surface area contributed by atoms with Crippen LogP contribution in [0.5, 0.6) is 0 Å². The van der Waals surface area contributed by atoms with E-state index in [9.17, 15) is 9.59 Å². The number of carbonyl (C=O) groups is 2. The van der Waals surface area contributed by atoms with Gasteiger partial charge in [-0.15, -0.1) is 23.1 Å². The van der Waals surface area contributed by atoms with Crippen LogP contribution in [0.2, 0.25) is 0 Å². The topological polar surface area (TPSA) is 83.6 Å². The Morgan fingerprint density at radius 2 is 2.15 bits per heavy atom. The Kier molecular flexibility index (Phi) is 5.72. The average Bonchev–Trinajstić information content (AvgIpc) is 3.10. The molecule has 9 heteroatoms. The van der Waals surface area contributed by atoms with Gasteiger partial charge in [-0.3, -0.25) is 14.5 Å². The van der Waals surface area contributed by atoms with E-state index in [4.69, 9.17) is 4.74 Å². The smallest absolute Gasteiger partial charge is 0.238 e. The molecule has 1 aromatic heterocycles. The second-order valence-electron chi connectivity index (χ2n) is 6.38. The number of thiazole rings is 1. The number of nitrogens with zero attached hydrogens (tertiary/aromatic N) is 2. The zero-order valence-corrected chi connectivity index (χ0v) is 16.3. The standard InChI is InChI=1S/C18H20N4O3S2/c23-16(9-15-17(24)20-13-3-1-2-4-14(13)27-15)21-18-19-12(11-26-18)10-22-5-7-25-8-6-22/h1-4,11,15H,5-10H2,(H,20,24)(H,19,21,23). The fourth-order valence-electron chi connectivity index (χ4n) is 2.99. The zero-order chi connectivity index (χ0) is 18.6. The van der Waals surface area contributed by atoms with E-state index in [0.29, 0.717) is 5.13 Å². The van der Waals surface area contributed by atoms with E-state index in [2.05, 4.69) is 20.5 Å². The number of amides is 2. The largest absolute Gasteiger partial charge is 0.379 e. The molecule has 1 unspecified atom stereocenters. The normalized spacial score (nSPS) is 20.0. The molecule has 2 aliphatic rings. The summed E-state index contributed by atoms with van der Waals surface area (Å²) in [7, 11) is 0. The fourth-order valence-corrected chi connectivity index (χ4v) is 4.82. The molecular weight excluding hydrogens is 384 g/mol. The zero-order valence-electron chi connectivity index (χ0n) is 14.6. The van der Waals surface area contributed by atoms with Gasteiger partial charge in [0.05, 0.1) is 29.8 Å². The maximum absolute atomic E-state index is 12.4. The molecule has 142 valence electrons. The van der Waals surface area contributed by atoms with Crippen molar-refractivity contribution >= 4 is 45.7 Å². The maximum Gasteiger partial charge on any atom is 0.238 e. The molecule has 0 bridgehead atoms. The van der Waals surface area contributed by atoms with Crippen LogP contribution in [-0.4, -0.2) is 53.3 Å². The van der Waals surface area contributed by atoms with Gasteiger partial charge in [-0.05, 0) is 12.1 Å². The van der Waals surface area contributed by atoms with E-state index < -0.39 is 5.25 Å². The van der Waals surface area contributed by atoms with Crippen molar-refractivity contribution in [2.24, 2.45) is 0 Å². The SMILES string of the molecule is O=C(CC1Sc2ccccc2NC1=O)Nc1nc(CN2CCOCC2)cs1. The monoisotopic (exact) mass is 404 g/mol. The number of ether oxygens (including phenoxy) is 1. The van der Waals surface area contributed by atoms with E-state index in [0.717, 1.165) is 49.1 Å². The molecule has 7 nitrogen and oxygen atoms in total. The van der Waals surface area contributed by atoms with Crippen molar-refractivity contribution in [1.82, 2.24) is 9.88 Å². The van der Waals surface area contributed by atoms with Crippen LogP contribution in [0.1, 0.15) is 12.1 Å². The van der Waals surface area contributed by atoms with Gasteiger partial charge >= 0.3 is 0 Å². The first-order valence-corrected chi connectivity index (χ1v) is 10.5. The van der Waals surface area contributed by atoms with Crippen LogP contribution < -0.4 is 10.6 Å². The molecule has 0 aliphatic carbocycles. The van der Waals surface area contributed by atoms with Crippen LogP contribution in [0.15, 0.2) is 34.5 Å². The van der Waals surface area contributed by atoms with Gasteiger partial charge in [-0.2, -0.15) is 0 Å². The first-order chi connectivity index (χ1) is 13.2. The van der Waals surface area contributed by atoms with Gasteiger partial charge in [0, 0.05) is 36.3 Å². The molecule has 1 fully saturated rings. The van der Waals surface area contributed by atoms with Crippen LogP contribution >= 0.6 is 23.1 Å². The first kappa shape index (κ1) is 18.4. The van der Waals surface area contributed by atoms with Crippen molar-refractivity contribution in [2.75, 3.05) is 36.9 Å². The number of aromatic nitrogens is 1. The quantitative estimate of drug-likeness (QED) is 0.796. The number of anilines is 2. The lowest BCUT2D eigenvalue weighted by Crippen LogP contribution is -2.35. The summed E-state index contributed by atoms with van der Waals surface area (Å²) in [5, 5.41) is 7.78. The number of thioether (sulfide) groups is 1. The number of hydrogen-bond acceptors (Lipinski definition) is 7. The average molecular weight is 405 g/mol. The van der Waals surface area contributed by atoms with Crippen molar-refractivity contribution in [3.8, 4) is 0 Å². The number of benzene rings is 1. The van der Waals surface area contributed by atoms with Gasteiger partial charge in [-0.1, -0.05) is 12.1 Å². The molecule has 0 radical (unpaired) electrons. The molecule has 0 spiro atoms. The van der Waals surface area contributed by atoms with Crippen LogP contribution in [-0.2, 0) is 20.9 Å². The number of morpholine rings is 1. The molecule has 1 atom stereocenters. The highest BCUT2D eigenvalue weighted by Gasteiger charge is 2.29. The summed E-state index contributed by atoms with van der Waals surface area (Å²) in [6.45, 7) is 4.05. The van der Waals surface area contributed by atoms with Crippen LogP contribution in [0.3, 0.4) is 0 Å². The molecule has 3 heterocycles. The van der Waals surface area contributed by atoms with Gasteiger partial charge in [0.1, 0.15) is 0 Å². The van der Waals surface area contributed by atoms with Gasteiger partial charge in [-0.25, -0.2) is 4.98 Å². The van der Waals surface area contributed by atoms with Crippen LogP contribution in [0.25, 0.3) is 0 Å².